The molecule has 0 aliphatic carbocycles. The number of carbonyl (C=O) groups excluding carboxylic acids is 1. The molecule has 2 aromatic carbocycles. The molecule has 2 nitrogen and oxygen atoms in total. The highest BCUT2D eigenvalue weighted by Crippen LogP contribution is 2.23. The third-order valence-corrected chi connectivity index (χ3v) is 4.56. The van der Waals surface area contributed by atoms with Crippen molar-refractivity contribution in [3.63, 3.8) is 0 Å². The van der Waals surface area contributed by atoms with Crippen LogP contribution in [0.2, 0.25) is 0 Å². The van der Waals surface area contributed by atoms with Gasteiger partial charge in [0.2, 0.25) is 0 Å². The Morgan fingerprint density at radius 3 is 2.52 bits per heavy atom. The Hall–Kier alpha value is -1.74. The molecule has 1 aliphatic heterocycles. The number of benzene rings is 2. The van der Waals surface area contributed by atoms with Crippen LogP contribution in [0.4, 0.5) is 0 Å². The van der Waals surface area contributed by atoms with Gasteiger partial charge < -0.3 is 4.90 Å². The standard InChI is InChI=1S/C18H19NOS/c20-18-17-9-5-4-8-15(17)10-11-19(18)12-16(13-21)14-6-2-1-3-7-14/h1-9,16,21H,10-13H2. The summed E-state index contributed by atoms with van der Waals surface area (Å²) < 4.78 is 0. The molecule has 108 valence electrons. The lowest BCUT2D eigenvalue weighted by Crippen LogP contribution is -2.40. The average molecular weight is 297 g/mol. The maximum absolute atomic E-state index is 12.6. The summed E-state index contributed by atoms with van der Waals surface area (Å²) in [6.45, 7) is 1.54. The molecular weight excluding hydrogens is 278 g/mol. The first-order valence-corrected chi connectivity index (χ1v) is 7.96. The Balaban J connectivity index is 1.78. The predicted octanol–water partition coefficient (Wildman–Crippen LogP) is 3.40. The number of thiol groups is 1. The molecule has 0 saturated heterocycles. The lowest BCUT2D eigenvalue weighted by molar-refractivity contribution is 0.0732. The largest absolute Gasteiger partial charge is 0.338 e. The monoisotopic (exact) mass is 297 g/mol. The Morgan fingerprint density at radius 1 is 1.05 bits per heavy atom. The van der Waals surface area contributed by atoms with Crippen LogP contribution in [0.1, 0.15) is 27.4 Å². The van der Waals surface area contributed by atoms with Gasteiger partial charge in [-0.15, -0.1) is 0 Å². The number of hydrogen-bond acceptors (Lipinski definition) is 2. The fourth-order valence-electron chi connectivity index (χ4n) is 2.91. The molecule has 0 radical (unpaired) electrons. The van der Waals surface area contributed by atoms with Gasteiger partial charge in [0.25, 0.3) is 5.91 Å². The molecule has 2 aromatic rings. The van der Waals surface area contributed by atoms with Crippen LogP contribution in [0.3, 0.4) is 0 Å². The molecule has 3 heteroatoms. The van der Waals surface area contributed by atoms with E-state index in [-0.39, 0.29) is 11.8 Å². The summed E-state index contributed by atoms with van der Waals surface area (Å²) >= 11 is 4.47. The van der Waals surface area contributed by atoms with E-state index in [1.54, 1.807) is 0 Å². The zero-order valence-corrected chi connectivity index (χ0v) is 12.8. The molecule has 0 fully saturated rings. The van der Waals surface area contributed by atoms with Gasteiger partial charge >= 0.3 is 0 Å². The highest BCUT2D eigenvalue weighted by atomic mass is 32.1. The van der Waals surface area contributed by atoms with Crippen molar-refractivity contribution in [2.24, 2.45) is 0 Å². The van der Waals surface area contributed by atoms with Gasteiger partial charge in [0, 0.05) is 24.6 Å². The fourth-order valence-corrected chi connectivity index (χ4v) is 3.23. The van der Waals surface area contributed by atoms with Gasteiger partial charge in [0.15, 0.2) is 0 Å². The highest BCUT2D eigenvalue weighted by molar-refractivity contribution is 7.80. The van der Waals surface area contributed by atoms with Crippen molar-refractivity contribution in [1.82, 2.24) is 4.90 Å². The fraction of sp³-hybridized carbons (Fsp3) is 0.278. The smallest absolute Gasteiger partial charge is 0.254 e. The Bertz CT molecular complexity index is 626. The van der Waals surface area contributed by atoms with Crippen molar-refractivity contribution in [2.45, 2.75) is 12.3 Å². The minimum atomic E-state index is 0.152. The third kappa shape index (κ3) is 2.98. The number of hydrogen-bond donors (Lipinski definition) is 1. The van der Waals surface area contributed by atoms with Crippen molar-refractivity contribution in [3.8, 4) is 0 Å². The maximum Gasteiger partial charge on any atom is 0.254 e. The molecule has 0 N–H and O–H groups in total. The first-order chi connectivity index (χ1) is 10.3. The van der Waals surface area contributed by atoms with E-state index in [0.29, 0.717) is 0 Å². The van der Waals surface area contributed by atoms with Crippen molar-refractivity contribution >= 4 is 18.5 Å². The molecule has 1 unspecified atom stereocenters. The molecule has 0 saturated carbocycles. The lowest BCUT2D eigenvalue weighted by Gasteiger charge is -2.31. The average Bonchev–Trinajstić information content (AvgIpc) is 2.55. The van der Waals surface area contributed by atoms with Crippen LogP contribution in [0, 0.1) is 0 Å². The molecule has 21 heavy (non-hydrogen) atoms. The van der Waals surface area contributed by atoms with E-state index in [2.05, 4.69) is 30.8 Å². The number of fused-ring (bicyclic) bond motifs is 1. The molecule has 1 heterocycles. The van der Waals surface area contributed by atoms with E-state index >= 15 is 0 Å². The summed E-state index contributed by atoms with van der Waals surface area (Å²) in [5.74, 6) is 1.18. The maximum atomic E-state index is 12.6. The SMILES string of the molecule is O=C1c2ccccc2CCN1CC(CS)c1ccccc1. The van der Waals surface area contributed by atoms with Crippen LogP contribution in [0.15, 0.2) is 54.6 Å². The summed E-state index contributed by atoms with van der Waals surface area (Å²) in [6.07, 6.45) is 0.940. The molecule has 0 spiro atoms. The molecule has 1 atom stereocenters. The van der Waals surface area contributed by atoms with Crippen LogP contribution < -0.4 is 0 Å². The van der Waals surface area contributed by atoms with E-state index in [4.69, 9.17) is 0 Å². The van der Waals surface area contributed by atoms with Gasteiger partial charge in [-0.25, -0.2) is 0 Å². The van der Waals surface area contributed by atoms with E-state index < -0.39 is 0 Å². The van der Waals surface area contributed by atoms with Crippen LogP contribution in [0.5, 0.6) is 0 Å². The summed E-state index contributed by atoms with van der Waals surface area (Å²) in [6, 6.07) is 18.3. The summed E-state index contributed by atoms with van der Waals surface area (Å²) in [5.41, 5.74) is 3.27. The van der Waals surface area contributed by atoms with Gasteiger partial charge in [0.1, 0.15) is 0 Å². The van der Waals surface area contributed by atoms with Gasteiger partial charge in [-0.05, 0) is 29.4 Å². The van der Waals surface area contributed by atoms with Crippen molar-refractivity contribution in [1.29, 1.82) is 0 Å². The van der Waals surface area contributed by atoms with E-state index in [9.17, 15) is 4.79 Å². The van der Waals surface area contributed by atoms with E-state index in [0.717, 1.165) is 30.8 Å². The summed E-state index contributed by atoms with van der Waals surface area (Å²) in [5, 5.41) is 0. The number of nitrogens with zero attached hydrogens (tertiary/aromatic N) is 1. The normalized spacial score (nSPS) is 15.7. The van der Waals surface area contributed by atoms with Crippen LogP contribution in [0.25, 0.3) is 0 Å². The van der Waals surface area contributed by atoms with Crippen LogP contribution in [-0.2, 0) is 6.42 Å². The molecule has 3 rings (SSSR count). The molecule has 0 bridgehead atoms. The second-order valence-electron chi connectivity index (χ2n) is 5.45. The van der Waals surface area contributed by atoms with Gasteiger partial charge in [-0.2, -0.15) is 12.6 Å². The Morgan fingerprint density at radius 2 is 1.76 bits per heavy atom. The molecular formula is C18H19NOS. The molecule has 0 aromatic heterocycles. The van der Waals surface area contributed by atoms with Crippen molar-refractivity contribution in [3.05, 3.63) is 71.3 Å². The minimum absolute atomic E-state index is 0.152. The predicted molar refractivity (Wildman–Crippen MR) is 89.1 cm³/mol. The van der Waals surface area contributed by atoms with Crippen molar-refractivity contribution in [2.75, 3.05) is 18.8 Å². The summed E-state index contributed by atoms with van der Waals surface area (Å²) in [7, 11) is 0. The Labute approximate surface area is 131 Å². The quantitative estimate of drug-likeness (QED) is 0.858. The Kier molecular flexibility index (Phi) is 4.30. The van der Waals surface area contributed by atoms with Gasteiger partial charge in [-0.1, -0.05) is 48.5 Å². The lowest BCUT2D eigenvalue weighted by atomic mass is 9.96. The van der Waals surface area contributed by atoms with Crippen LogP contribution in [-0.4, -0.2) is 29.6 Å². The van der Waals surface area contributed by atoms with Crippen molar-refractivity contribution < 1.29 is 4.79 Å². The van der Waals surface area contributed by atoms with Crippen LogP contribution >= 0.6 is 12.6 Å². The topological polar surface area (TPSA) is 20.3 Å². The first-order valence-electron chi connectivity index (χ1n) is 7.32. The second kappa shape index (κ2) is 6.35. The third-order valence-electron chi connectivity index (χ3n) is 4.12. The zero-order valence-electron chi connectivity index (χ0n) is 11.9. The van der Waals surface area contributed by atoms with E-state index in [1.165, 1.54) is 11.1 Å². The highest BCUT2D eigenvalue weighted by Gasteiger charge is 2.26. The number of amides is 1. The molecule has 1 aliphatic rings. The zero-order chi connectivity index (χ0) is 14.7. The minimum Gasteiger partial charge on any atom is -0.338 e. The summed E-state index contributed by atoms with van der Waals surface area (Å²) in [4.78, 5) is 14.6. The number of rotatable bonds is 4. The first kappa shape index (κ1) is 14.2. The van der Waals surface area contributed by atoms with E-state index in [1.807, 2.05) is 41.3 Å². The molecule has 1 amide bonds. The number of carbonyl (C=O) groups is 1. The van der Waals surface area contributed by atoms with Gasteiger partial charge in [-0.3, -0.25) is 4.79 Å². The second-order valence-corrected chi connectivity index (χ2v) is 5.81. The van der Waals surface area contributed by atoms with Gasteiger partial charge in [0.05, 0.1) is 0 Å².